The molecule has 0 N–H and O–H groups in total. The van der Waals surface area contributed by atoms with Gasteiger partial charge in [0, 0.05) is 18.5 Å². The molecule has 1 spiro atoms. The van der Waals surface area contributed by atoms with E-state index in [1.165, 1.54) is 19.3 Å². The highest BCUT2D eigenvalue weighted by atomic mass is 16.3. The molecule has 3 nitrogen and oxygen atoms in total. The van der Waals surface area contributed by atoms with Crippen LogP contribution in [0.4, 0.5) is 0 Å². The largest absolute Gasteiger partial charge is 0.260 e. The van der Waals surface area contributed by atoms with Gasteiger partial charge in [0.2, 0.25) is 0 Å². The van der Waals surface area contributed by atoms with Crippen molar-refractivity contribution in [2.75, 3.05) is 13.1 Å². The maximum absolute atomic E-state index is 9.89. The SMILES string of the molecule is O=NN1CC2(CCC2)C1. The Morgan fingerprint density at radius 1 is 1.33 bits per heavy atom. The van der Waals surface area contributed by atoms with E-state index in [9.17, 15) is 4.91 Å². The van der Waals surface area contributed by atoms with Crippen LogP contribution in [0.25, 0.3) is 0 Å². The Morgan fingerprint density at radius 2 is 2.00 bits per heavy atom. The Morgan fingerprint density at radius 3 is 2.33 bits per heavy atom. The Hall–Kier alpha value is -0.600. The molecule has 3 heteroatoms. The predicted octanol–water partition coefficient (Wildman–Crippen LogP) is 1.15. The molecule has 0 radical (unpaired) electrons. The topological polar surface area (TPSA) is 32.7 Å². The van der Waals surface area contributed by atoms with Crippen LogP contribution in [0.1, 0.15) is 19.3 Å². The Labute approximate surface area is 54.0 Å². The number of hydrogen-bond acceptors (Lipinski definition) is 2. The van der Waals surface area contributed by atoms with E-state index in [0.717, 1.165) is 13.1 Å². The predicted molar refractivity (Wildman–Crippen MR) is 33.7 cm³/mol. The fourth-order valence-corrected chi connectivity index (χ4v) is 1.78. The summed E-state index contributed by atoms with van der Waals surface area (Å²) >= 11 is 0. The fourth-order valence-electron chi connectivity index (χ4n) is 1.78. The number of hydrogen-bond donors (Lipinski definition) is 0. The van der Waals surface area contributed by atoms with Crippen molar-refractivity contribution in [1.29, 1.82) is 0 Å². The first kappa shape index (κ1) is 5.21. The maximum Gasteiger partial charge on any atom is 0.0524 e. The first-order valence-corrected chi connectivity index (χ1v) is 3.43. The van der Waals surface area contributed by atoms with Gasteiger partial charge in [0.15, 0.2) is 0 Å². The van der Waals surface area contributed by atoms with E-state index < -0.39 is 0 Å². The lowest BCUT2D eigenvalue weighted by Crippen LogP contribution is -2.57. The van der Waals surface area contributed by atoms with Crippen LogP contribution in [0.15, 0.2) is 5.29 Å². The highest BCUT2D eigenvalue weighted by molar-refractivity contribution is 4.98. The summed E-state index contributed by atoms with van der Waals surface area (Å²) in [6.45, 7) is 1.85. The van der Waals surface area contributed by atoms with Gasteiger partial charge in [0.05, 0.1) is 5.29 Å². The quantitative estimate of drug-likeness (QED) is 0.494. The summed E-state index contributed by atoms with van der Waals surface area (Å²) in [6.07, 6.45) is 3.99. The zero-order valence-corrected chi connectivity index (χ0v) is 5.34. The monoisotopic (exact) mass is 126 g/mol. The Kier molecular flexibility index (Phi) is 0.845. The van der Waals surface area contributed by atoms with E-state index in [2.05, 4.69) is 5.29 Å². The van der Waals surface area contributed by atoms with E-state index in [-0.39, 0.29) is 0 Å². The van der Waals surface area contributed by atoms with Crippen molar-refractivity contribution in [2.24, 2.45) is 10.7 Å². The first-order valence-electron chi connectivity index (χ1n) is 3.43. The van der Waals surface area contributed by atoms with Crippen LogP contribution in [-0.4, -0.2) is 18.1 Å². The summed E-state index contributed by atoms with van der Waals surface area (Å²) in [5, 5.41) is 4.46. The molecule has 50 valence electrons. The van der Waals surface area contributed by atoms with Crippen molar-refractivity contribution < 1.29 is 0 Å². The molecule has 0 amide bonds. The lowest BCUT2D eigenvalue weighted by atomic mass is 9.64. The van der Waals surface area contributed by atoms with Gasteiger partial charge in [-0.2, -0.15) is 0 Å². The van der Waals surface area contributed by atoms with Crippen molar-refractivity contribution in [2.45, 2.75) is 19.3 Å². The summed E-state index contributed by atoms with van der Waals surface area (Å²) in [4.78, 5) is 9.89. The summed E-state index contributed by atoms with van der Waals surface area (Å²) in [5.74, 6) is 0. The molecular formula is C6H10N2O. The minimum absolute atomic E-state index is 0.550. The Bertz CT molecular complexity index is 134. The zero-order chi connectivity index (χ0) is 6.32. The molecule has 2 aliphatic rings. The van der Waals surface area contributed by atoms with Crippen molar-refractivity contribution in [3.8, 4) is 0 Å². The van der Waals surface area contributed by atoms with E-state index >= 15 is 0 Å². The van der Waals surface area contributed by atoms with Gasteiger partial charge in [-0.05, 0) is 12.8 Å². The summed E-state index contributed by atoms with van der Waals surface area (Å²) in [6, 6.07) is 0. The average Bonchev–Trinajstić information content (AvgIpc) is 1.59. The summed E-state index contributed by atoms with van der Waals surface area (Å²) in [5.41, 5.74) is 0.550. The molecule has 0 bridgehead atoms. The van der Waals surface area contributed by atoms with E-state index in [0.29, 0.717) is 5.41 Å². The third-order valence-corrected chi connectivity index (χ3v) is 2.57. The van der Waals surface area contributed by atoms with Gasteiger partial charge < -0.3 is 0 Å². The molecule has 1 aliphatic heterocycles. The van der Waals surface area contributed by atoms with Gasteiger partial charge in [-0.3, -0.25) is 5.01 Å². The standard InChI is InChI=1S/C6H10N2O/c9-7-8-4-6(5-8)2-1-3-6/h1-5H2. The number of rotatable bonds is 1. The van der Waals surface area contributed by atoms with Crippen molar-refractivity contribution in [3.05, 3.63) is 4.91 Å². The summed E-state index contributed by atoms with van der Waals surface area (Å²) < 4.78 is 0. The number of nitroso groups, excluding NO2 is 1. The minimum Gasteiger partial charge on any atom is -0.260 e. The van der Waals surface area contributed by atoms with Crippen LogP contribution in [0, 0.1) is 10.3 Å². The van der Waals surface area contributed by atoms with Gasteiger partial charge in [0.25, 0.3) is 0 Å². The lowest BCUT2D eigenvalue weighted by molar-refractivity contribution is -0.0596. The van der Waals surface area contributed by atoms with Crippen LogP contribution >= 0.6 is 0 Å². The minimum atomic E-state index is 0.550. The van der Waals surface area contributed by atoms with E-state index in [1.54, 1.807) is 5.01 Å². The average molecular weight is 126 g/mol. The van der Waals surface area contributed by atoms with E-state index in [1.807, 2.05) is 0 Å². The molecule has 0 aromatic heterocycles. The molecular weight excluding hydrogens is 116 g/mol. The van der Waals surface area contributed by atoms with Crippen molar-refractivity contribution >= 4 is 0 Å². The van der Waals surface area contributed by atoms with Gasteiger partial charge in [-0.25, -0.2) is 0 Å². The molecule has 0 aromatic rings. The van der Waals surface area contributed by atoms with Crippen LogP contribution in [0.3, 0.4) is 0 Å². The van der Waals surface area contributed by atoms with Gasteiger partial charge >= 0.3 is 0 Å². The molecule has 1 heterocycles. The molecule has 2 rings (SSSR count). The molecule has 1 saturated heterocycles. The second kappa shape index (κ2) is 1.46. The van der Waals surface area contributed by atoms with Crippen molar-refractivity contribution in [1.82, 2.24) is 5.01 Å². The molecule has 0 unspecified atom stereocenters. The third kappa shape index (κ3) is 0.573. The third-order valence-electron chi connectivity index (χ3n) is 2.57. The highest BCUT2D eigenvalue weighted by Gasteiger charge is 2.47. The van der Waals surface area contributed by atoms with Crippen LogP contribution in [0.5, 0.6) is 0 Å². The second-order valence-corrected chi connectivity index (χ2v) is 3.26. The van der Waals surface area contributed by atoms with Crippen LogP contribution in [0.2, 0.25) is 0 Å². The molecule has 2 fully saturated rings. The molecule has 0 aromatic carbocycles. The summed E-state index contributed by atoms with van der Waals surface area (Å²) in [7, 11) is 0. The molecule has 0 atom stereocenters. The Balaban J connectivity index is 1.88. The van der Waals surface area contributed by atoms with Crippen LogP contribution < -0.4 is 0 Å². The maximum atomic E-state index is 9.89. The molecule has 9 heavy (non-hydrogen) atoms. The zero-order valence-electron chi connectivity index (χ0n) is 5.34. The second-order valence-electron chi connectivity index (χ2n) is 3.26. The fraction of sp³-hybridized carbons (Fsp3) is 1.00. The smallest absolute Gasteiger partial charge is 0.0524 e. The van der Waals surface area contributed by atoms with Crippen LogP contribution in [-0.2, 0) is 0 Å². The normalized spacial score (nSPS) is 29.1. The highest BCUT2D eigenvalue weighted by Crippen LogP contribution is 2.47. The van der Waals surface area contributed by atoms with E-state index in [4.69, 9.17) is 0 Å². The molecule has 1 aliphatic carbocycles. The van der Waals surface area contributed by atoms with Crippen molar-refractivity contribution in [3.63, 3.8) is 0 Å². The van der Waals surface area contributed by atoms with Gasteiger partial charge in [-0.1, -0.05) is 6.42 Å². The number of nitrogens with zero attached hydrogens (tertiary/aromatic N) is 2. The first-order chi connectivity index (χ1) is 4.35. The van der Waals surface area contributed by atoms with Gasteiger partial charge in [0.1, 0.15) is 0 Å². The molecule has 1 saturated carbocycles. The van der Waals surface area contributed by atoms with Gasteiger partial charge in [-0.15, -0.1) is 4.91 Å². The lowest BCUT2D eigenvalue weighted by Gasteiger charge is -2.53.